The van der Waals surface area contributed by atoms with Crippen LogP contribution in [0.2, 0.25) is 0 Å². The summed E-state index contributed by atoms with van der Waals surface area (Å²) in [6, 6.07) is 3.24. The van der Waals surface area contributed by atoms with E-state index in [1.165, 1.54) is 13.8 Å². The van der Waals surface area contributed by atoms with Crippen molar-refractivity contribution in [1.82, 2.24) is 0 Å². The van der Waals surface area contributed by atoms with Crippen molar-refractivity contribution >= 4 is 0 Å². The van der Waals surface area contributed by atoms with Gasteiger partial charge in [0.05, 0.1) is 0 Å². The molecule has 6 heteroatoms. The summed E-state index contributed by atoms with van der Waals surface area (Å²) in [6.45, 7) is 14.9. The molecule has 0 fully saturated rings. The molecule has 0 aliphatic heterocycles. The largest absolute Gasteiger partial charge is 0.207 e. The fourth-order valence-electron chi connectivity index (χ4n) is 1.30. The summed E-state index contributed by atoms with van der Waals surface area (Å²) in [5.41, 5.74) is 0.482. The molecular weight excluding hydrogens is 354 g/mol. The molecule has 0 aliphatic carbocycles. The van der Waals surface area contributed by atoms with E-state index in [1.54, 1.807) is 0 Å². The Hall–Kier alpha value is -1.98. The van der Waals surface area contributed by atoms with Gasteiger partial charge in [-0.3, -0.25) is 0 Å². The number of hydrogen-bond acceptors (Lipinski definition) is 0. The fourth-order valence-corrected chi connectivity index (χ4v) is 1.30. The zero-order chi connectivity index (χ0) is 21.4. The number of rotatable bonds is 0. The lowest BCUT2D eigenvalue weighted by atomic mass is 10.2. The lowest BCUT2D eigenvalue weighted by Gasteiger charge is -1.95. The highest BCUT2D eigenvalue weighted by atomic mass is 19.2. The maximum Gasteiger partial charge on any atom is 0.194 e. The Kier molecular flexibility index (Phi) is 18.3. The number of benzene rings is 2. The Morgan fingerprint density at radius 3 is 1.15 bits per heavy atom. The number of aryl methyl sites for hydroxylation is 2. The highest BCUT2D eigenvalue weighted by molar-refractivity contribution is 5.18. The highest BCUT2D eigenvalue weighted by Crippen LogP contribution is 2.12. The molecule has 2 rings (SSSR count). The molecule has 2 aromatic carbocycles. The van der Waals surface area contributed by atoms with E-state index in [0.717, 1.165) is 18.2 Å². The first-order valence-corrected chi connectivity index (χ1v) is 8.44. The molecule has 0 saturated heterocycles. The van der Waals surface area contributed by atoms with E-state index in [4.69, 9.17) is 0 Å². The summed E-state index contributed by atoms with van der Waals surface area (Å²) in [5, 5.41) is 0. The average molecular weight is 382 g/mol. The first-order chi connectivity index (χ1) is 12.2. The minimum absolute atomic E-state index is 0.110. The van der Waals surface area contributed by atoms with Crippen molar-refractivity contribution in [3.05, 3.63) is 70.3 Å². The van der Waals surface area contributed by atoms with E-state index in [1.807, 2.05) is 41.5 Å². The summed E-state index contributed by atoms with van der Waals surface area (Å²) in [7, 11) is 0. The van der Waals surface area contributed by atoms with E-state index in [9.17, 15) is 26.3 Å². The topological polar surface area (TPSA) is 0 Å². The lowest BCUT2D eigenvalue weighted by Crippen LogP contribution is -1.90. The van der Waals surface area contributed by atoms with E-state index in [0.29, 0.717) is 11.6 Å². The van der Waals surface area contributed by atoms with Crippen LogP contribution in [0, 0.1) is 48.8 Å². The van der Waals surface area contributed by atoms with Crippen LogP contribution in [-0.4, -0.2) is 0 Å². The van der Waals surface area contributed by atoms with Gasteiger partial charge in [0.25, 0.3) is 0 Å². The third-order valence-electron chi connectivity index (χ3n) is 2.33. The summed E-state index contributed by atoms with van der Waals surface area (Å²) >= 11 is 0. The van der Waals surface area contributed by atoms with Crippen molar-refractivity contribution < 1.29 is 26.3 Å². The summed E-state index contributed by atoms with van der Waals surface area (Å²) in [4.78, 5) is 0. The summed E-state index contributed by atoms with van der Waals surface area (Å²) in [5.74, 6) is -6.58. The van der Waals surface area contributed by atoms with Gasteiger partial charge >= 0.3 is 0 Å². The Balaban J connectivity index is -0.000000316. The molecule has 0 amide bonds. The van der Waals surface area contributed by atoms with Crippen LogP contribution in [0.25, 0.3) is 0 Å². The Morgan fingerprint density at radius 1 is 0.462 bits per heavy atom. The lowest BCUT2D eigenvalue weighted by molar-refractivity contribution is 0.446. The minimum atomic E-state index is -1.41. The van der Waals surface area contributed by atoms with Crippen molar-refractivity contribution in [2.24, 2.45) is 0 Å². The summed E-state index contributed by atoms with van der Waals surface area (Å²) in [6.07, 6.45) is 0. The van der Waals surface area contributed by atoms with Gasteiger partial charge in [0.1, 0.15) is 5.82 Å². The average Bonchev–Trinajstić information content (AvgIpc) is 2.63. The van der Waals surface area contributed by atoms with Gasteiger partial charge in [0.2, 0.25) is 0 Å². The van der Waals surface area contributed by atoms with Gasteiger partial charge in [0, 0.05) is 6.07 Å². The number of hydrogen-bond donors (Lipinski definition) is 0. The Bertz CT molecular complexity index is 551. The van der Waals surface area contributed by atoms with Crippen LogP contribution in [0.3, 0.4) is 0 Å². The molecule has 0 saturated carbocycles. The quantitative estimate of drug-likeness (QED) is 0.247. The van der Waals surface area contributed by atoms with E-state index < -0.39 is 34.9 Å². The zero-order valence-corrected chi connectivity index (χ0v) is 16.6. The van der Waals surface area contributed by atoms with Gasteiger partial charge in [-0.1, -0.05) is 41.5 Å². The van der Waals surface area contributed by atoms with Crippen molar-refractivity contribution in [2.45, 2.75) is 55.4 Å². The first-order valence-electron chi connectivity index (χ1n) is 8.44. The second-order valence-corrected chi connectivity index (χ2v) is 4.06. The van der Waals surface area contributed by atoms with Gasteiger partial charge in [-0.15, -0.1) is 0 Å². The van der Waals surface area contributed by atoms with Crippen LogP contribution >= 0.6 is 0 Å². The smallest absolute Gasteiger partial charge is 0.194 e. The SMILES string of the molecule is CC.CC.CC.Cc1cc(F)c(F)c(F)c1.Cc1cc(F)c(F)cc1F. The monoisotopic (exact) mass is 382 g/mol. The third kappa shape index (κ3) is 10.8. The van der Waals surface area contributed by atoms with Gasteiger partial charge in [0.15, 0.2) is 29.1 Å². The first kappa shape index (κ1) is 28.8. The second kappa shape index (κ2) is 16.5. The van der Waals surface area contributed by atoms with Crippen LogP contribution in [0.15, 0.2) is 24.3 Å². The van der Waals surface area contributed by atoms with Gasteiger partial charge in [-0.25, -0.2) is 26.3 Å². The predicted molar refractivity (Wildman–Crippen MR) is 96.2 cm³/mol. The van der Waals surface area contributed by atoms with Crippen LogP contribution in [-0.2, 0) is 0 Å². The van der Waals surface area contributed by atoms with E-state index in [-0.39, 0.29) is 5.56 Å². The molecule has 2 aromatic rings. The molecule has 26 heavy (non-hydrogen) atoms. The van der Waals surface area contributed by atoms with E-state index >= 15 is 0 Å². The molecule has 0 bridgehead atoms. The number of halogens is 6. The Morgan fingerprint density at radius 2 is 0.808 bits per heavy atom. The minimum Gasteiger partial charge on any atom is -0.207 e. The van der Waals surface area contributed by atoms with Crippen LogP contribution < -0.4 is 0 Å². The van der Waals surface area contributed by atoms with Crippen molar-refractivity contribution in [2.75, 3.05) is 0 Å². The van der Waals surface area contributed by atoms with Crippen LogP contribution in [0.1, 0.15) is 52.7 Å². The van der Waals surface area contributed by atoms with Crippen molar-refractivity contribution in [3.63, 3.8) is 0 Å². The second-order valence-electron chi connectivity index (χ2n) is 4.06. The molecule has 0 unspecified atom stereocenters. The molecule has 0 aliphatic rings. The highest BCUT2D eigenvalue weighted by Gasteiger charge is 2.07. The molecule has 0 atom stereocenters. The Labute approximate surface area is 152 Å². The van der Waals surface area contributed by atoms with E-state index in [2.05, 4.69) is 0 Å². The van der Waals surface area contributed by atoms with Gasteiger partial charge < -0.3 is 0 Å². The van der Waals surface area contributed by atoms with Crippen molar-refractivity contribution in [1.29, 1.82) is 0 Å². The molecule has 0 N–H and O–H groups in total. The standard InChI is InChI=1S/2C7H5F3.3C2H6/c1-4-2-6(9)7(10)3-5(4)8;1-4-2-5(8)7(10)6(9)3-4;3*1-2/h2*2-3H,1H3;3*1-2H3. The maximum absolute atomic E-state index is 12.4. The molecule has 0 nitrogen and oxygen atoms in total. The fraction of sp³-hybridized carbons (Fsp3) is 0.400. The van der Waals surface area contributed by atoms with Crippen LogP contribution in [0.5, 0.6) is 0 Å². The summed E-state index contributed by atoms with van der Waals surface area (Å²) < 4.78 is 73.3. The molecule has 0 radical (unpaired) electrons. The van der Waals surface area contributed by atoms with Gasteiger partial charge in [-0.2, -0.15) is 0 Å². The normalized spacial score (nSPS) is 8.38. The van der Waals surface area contributed by atoms with Crippen LogP contribution in [0.4, 0.5) is 26.3 Å². The maximum atomic E-state index is 12.4. The molecule has 0 heterocycles. The van der Waals surface area contributed by atoms with Crippen molar-refractivity contribution in [3.8, 4) is 0 Å². The molecule has 150 valence electrons. The molecule has 0 spiro atoms. The zero-order valence-electron chi connectivity index (χ0n) is 16.6. The van der Waals surface area contributed by atoms with Gasteiger partial charge in [-0.05, 0) is 43.2 Å². The predicted octanol–water partition coefficient (Wildman–Crippen LogP) is 7.90. The molecule has 0 aromatic heterocycles. The molecular formula is C20H28F6. The third-order valence-corrected chi connectivity index (χ3v) is 2.33.